The van der Waals surface area contributed by atoms with Gasteiger partial charge in [-0.05, 0) is 19.3 Å². The molecule has 0 radical (unpaired) electrons. The molecule has 1 heterocycles. The highest BCUT2D eigenvalue weighted by Crippen LogP contribution is 2.30. The Morgan fingerprint density at radius 2 is 2.33 bits per heavy atom. The summed E-state index contributed by atoms with van der Waals surface area (Å²) in [5.41, 5.74) is 0. The summed E-state index contributed by atoms with van der Waals surface area (Å²) in [5.74, 6) is -0.290. The van der Waals surface area contributed by atoms with Crippen LogP contribution in [0.25, 0.3) is 0 Å². The summed E-state index contributed by atoms with van der Waals surface area (Å²) < 4.78 is 5.26. The molecule has 0 bridgehead atoms. The van der Waals surface area contributed by atoms with E-state index in [1.807, 2.05) is 0 Å². The van der Waals surface area contributed by atoms with Crippen LogP contribution in [0.5, 0.6) is 0 Å². The number of carbonyl (C=O) groups excluding carboxylic acids is 1. The lowest BCUT2D eigenvalue weighted by Gasteiger charge is -2.35. The maximum absolute atomic E-state index is 11.3. The fraction of sp³-hybridized carbons (Fsp3) is 0.667. The van der Waals surface area contributed by atoms with Gasteiger partial charge < -0.3 is 9.84 Å². The maximum Gasteiger partial charge on any atom is 0.168 e. The van der Waals surface area contributed by atoms with Crippen molar-refractivity contribution >= 4 is 5.78 Å². The molecular weight excluding hydrogens is 156 g/mol. The first kappa shape index (κ1) is 7.80. The summed E-state index contributed by atoms with van der Waals surface area (Å²) in [6.45, 7) is 0. The van der Waals surface area contributed by atoms with Gasteiger partial charge in [-0.3, -0.25) is 4.79 Å². The van der Waals surface area contributed by atoms with Gasteiger partial charge in [0, 0.05) is 6.08 Å². The van der Waals surface area contributed by atoms with Crippen molar-refractivity contribution in [1.82, 2.24) is 0 Å². The van der Waals surface area contributed by atoms with Gasteiger partial charge >= 0.3 is 0 Å². The number of hydrogen-bond donors (Lipinski definition) is 1. The van der Waals surface area contributed by atoms with E-state index < -0.39 is 6.10 Å². The zero-order valence-corrected chi connectivity index (χ0v) is 6.77. The third kappa shape index (κ3) is 1.14. The highest BCUT2D eigenvalue weighted by molar-refractivity contribution is 5.93. The Hall–Kier alpha value is -0.830. The second-order valence-electron chi connectivity index (χ2n) is 3.40. The van der Waals surface area contributed by atoms with Crippen LogP contribution < -0.4 is 0 Å². The van der Waals surface area contributed by atoms with Gasteiger partial charge in [0.15, 0.2) is 5.78 Å². The Balaban J connectivity index is 2.20. The summed E-state index contributed by atoms with van der Waals surface area (Å²) in [7, 11) is 0. The van der Waals surface area contributed by atoms with Crippen molar-refractivity contribution < 1.29 is 14.6 Å². The zero-order chi connectivity index (χ0) is 8.55. The van der Waals surface area contributed by atoms with Crippen LogP contribution in [-0.2, 0) is 9.53 Å². The van der Waals surface area contributed by atoms with Crippen molar-refractivity contribution in [2.75, 3.05) is 0 Å². The molecule has 3 atom stereocenters. The van der Waals surface area contributed by atoms with Gasteiger partial charge in [-0.25, -0.2) is 0 Å². The van der Waals surface area contributed by atoms with Crippen LogP contribution in [0.3, 0.4) is 0 Å². The fourth-order valence-corrected chi connectivity index (χ4v) is 1.98. The van der Waals surface area contributed by atoms with Crippen molar-refractivity contribution in [3.05, 3.63) is 12.3 Å². The lowest BCUT2D eigenvalue weighted by atomic mass is 9.80. The summed E-state index contributed by atoms with van der Waals surface area (Å²) in [5, 5.41) is 9.54. The maximum atomic E-state index is 11.3. The number of allylic oxidation sites excluding steroid dienone is 1. The molecule has 0 aromatic heterocycles. The van der Waals surface area contributed by atoms with Crippen LogP contribution in [0.2, 0.25) is 0 Å². The minimum Gasteiger partial charge on any atom is -0.497 e. The standard InChI is InChI=1S/C9H12O3/c10-6-2-1-3-8-9(6)7(11)4-5-12-8/h4-6,8-10H,1-3H2. The molecule has 2 aliphatic rings. The highest BCUT2D eigenvalue weighted by atomic mass is 16.5. The minimum absolute atomic E-state index is 0.0125. The van der Waals surface area contributed by atoms with Gasteiger partial charge in [0.25, 0.3) is 0 Å². The SMILES string of the molecule is O=C1C=COC2CCCC(O)C12. The third-order valence-corrected chi connectivity index (χ3v) is 2.62. The van der Waals surface area contributed by atoms with E-state index in [4.69, 9.17) is 4.74 Å². The normalized spacial score (nSPS) is 40.4. The number of ketones is 1. The molecule has 1 fully saturated rings. The predicted octanol–water partition coefficient (Wildman–Crippen LogP) is 0.629. The van der Waals surface area contributed by atoms with Crippen molar-refractivity contribution in [2.24, 2.45) is 5.92 Å². The van der Waals surface area contributed by atoms with E-state index in [1.54, 1.807) is 0 Å². The Morgan fingerprint density at radius 1 is 1.50 bits per heavy atom. The van der Waals surface area contributed by atoms with E-state index in [9.17, 15) is 9.90 Å². The van der Waals surface area contributed by atoms with Crippen molar-refractivity contribution in [3.63, 3.8) is 0 Å². The minimum atomic E-state index is -0.499. The first-order valence-corrected chi connectivity index (χ1v) is 4.33. The Bertz CT molecular complexity index is 222. The van der Waals surface area contributed by atoms with E-state index in [2.05, 4.69) is 0 Å². The molecule has 0 aromatic rings. The van der Waals surface area contributed by atoms with Gasteiger partial charge in [0.05, 0.1) is 18.3 Å². The highest BCUT2D eigenvalue weighted by Gasteiger charge is 2.39. The molecule has 3 heteroatoms. The van der Waals surface area contributed by atoms with Gasteiger partial charge in [0.2, 0.25) is 0 Å². The molecule has 0 saturated heterocycles. The van der Waals surface area contributed by atoms with Gasteiger partial charge in [-0.2, -0.15) is 0 Å². The number of hydrogen-bond acceptors (Lipinski definition) is 3. The molecule has 0 amide bonds. The average molecular weight is 168 g/mol. The lowest BCUT2D eigenvalue weighted by Crippen LogP contribution is -2.43. The number of rotatable bonds is 0. The summed E-state index contributed by atoms with van der Waals surface area (Å²) in [4.78, 5) is 11.3. The predicted molar refractivity (Wildman–Crippen MR) is 42.4 cm³/mol. The smallest absolute Gasteiger partial charge is 0.168 e. The second kappa shape index (κ2) is 2.90. The van der Waals surface area contributed by atoms with Crippen LogP contribution >= 0.6 is 0 Å². The molecule has 0 spiro atoms. The van der Waals surface area contributed by atoms with E-state index in [-0.39, 0.29) is 17.8 Å². The summed E-state index contributed by atoms with van der Waals surface area (Å²) in [6, 6.07) is 0. The molecule has 12 heavy (non-hydrogen) atoms. The molecule has 3 unspecified atom stereocenters. The summed E-state index contributed by atoms with van der Waals surface area (Å²) >= 11 is 0. The quantitative estimate of drug-likeness (QED) is 0.577. The van der Waals surface area contributed by atoms with Crippen LogP contribution in [0.1, 0.15) is 19.3 Å². The molecule has 0 aromatic carbocycles. The first-order chi connectivity index (χ1) is 5.79. The van der Waals surface area contributed by atoms with E-state index in [0.717, 1.165) is 19.3 Å². The van der Waals surface area contributed by atoms with Crippen molar-refractivity contribution in [3.8, 4) is 0 Å². The number of fused-ring (bicyclic) bond motifs is 1. The van der Waals surface area contributed by atoms with Gasteiger partial charge in [-0.15, -0.1) is 0 Å². The molecule has 1 saturated carbocycles. The molecule has 1 aliphatic carbocycles. The molecule has 2 rings (SSSR count). The van der Waals surface area contributed by atoms with Crippen molar-refractivity contribution in [2.45, 2.75) is 31.5 Å². The van der Waals surface area contributed by atoms with Gasteiger partial charge in [-0.1, -0.05) is 0 Å². The topological polar surface area (TPSA) is 46.5 Å². The molecule has 1 aliphatic heterocycles. The Morgan fingerprint density at radius 3 is 3.08 bits per heavy atom. The van der Waals surface area contributed by atoms with Crippen LogP contribution in [0.4, 0.5) is 0 Å². The van der Waals surface area contributed by atoms with Crippen LogP contribution in [0.15, 0.2) is 12.3 Å². The zero-order valence-electron chi connectivity index (χ0n) is 6.77. The summed E-state index contributed by atoms with van der Waals surface area (Å²) in [6.07, 6.45) is 4.84. The second-order valence-corrected chi connectivity index (χ2v) is 3.40. The van der Waals surface area contributed by atoms with E-state index >= 15 is 0 Å². The number of carbonyl (C=O) groups is 1. The van der Waals surface area contributed by atoms with E-state index in [0.29, 0.717) is 0 Å². The van der Waals surface area contributed by atoms with Crippen LogP contribution in [0, 0.1) is 5.92 Å². The first-order valence-electron chi connectivity index (χ1n) is 4.33. The largest absolute Gasteiger partial charge is 0.497 e. The number of ether oxygens (including phenoxy) is 1. The molecule has 3 nitrogen and oxygen atoms in total. The van der Waals surface area contributed by atoms with Gasteiger partial charge in [0.1, 0.15) is 6.10 Å². The number of aliphatic hydroxyl groups excluding tert-OH is 1. The third-order valence-electron chi connectivity index (χ3n) is 2.62. The van der Waals surface area contributed by atoms with Crippen molar-refractivity contribution in [1.29, 1.82) is 0 Å². The number of aliphatic hydroxyl groups is 1. The average Bonchev–Trinajstić information content (AvgIpc) is 2.04. The Labute approximate surface area is 71.0 Å². The van der Waals surface area contributed by atoms with Crippen LogP contribution in [-0.4, -0.2) is 23.1 Å². The lowest BCUT2D eigenvalue weighted by molar-refractivity contribution is -0.133. The Kier molecular flexibility index (Phi) is 1.89. The molecular formula is C9H12O3. The molecule has 1 N–H and O–H groups in total. The monoisotopic (exact) mass is 168 g/mol. The fourth-order valence-electron chi connectivity index (χ4n) is 1.98. The molecule has 66 valence electrons. The van der Waals surface area contributed by atoms with E-state index in [1.165, 1.54) is 12.3 Å².